The van der Waals surface area contributed by atoms with Crippen LogP contribution in [0, 0.1) is 0 Å². The standard InChI is InChI=1S/C19H31N3O4S/c1-6-26-16-7-9-17(10-8-16)27(24,25)22-13-11-21(12-14-22)15(2)18(23)20-19(3,4)5/h7-10,15H,6,11-14H2,1-5H3,(H,20,23)/t15-/m0/s1. The largest absolute Gasteiger partial charge is 0.494 e. The summed E-state index contributed by atoms with van der Waals surface area (Å²) < 4.78 is 32.5. The van der Waals surface area contributed by atoms with E-state index in [0.717, 1.165) is 0 Å². The van der Waals surface area contributed by atoms with Crippen LogP contribution in [0.5, 0.6) is 5.75 Å². The Hall–Kier alpha value is -1.64. The van der Waals surface area contributed by atoms with Gasteiger partial charge in [0.25, 0.3) is 0 Å². The minimum Gasteiger partial charge on any atom is -0.494 e. The smallest absolute Gasteiger partial charge is 0.243 e. The van der Waals surface area contributed by atoms with Crippen LogP contribution < -0.4 is 10.1 Å². The number of carbonyl (C=O) groups is 1. The molecule has 1 aliphatic rings. The Morgan fingerprint density at radius 2 is 1.70 bits per heavy atom. The molecule has 1 aliphatic heterocycles. The van der Waals surface area contributed by atoms with Crippen LogP contribution in [-0.2, 0) is 14.8 Å². The summed E-state index contributed by atoms with van der Waals surface area (Å²) in [5.74, 6) is 0.616. The number of piperazine rings is 1. The Kier molecular flexibility index (Phi) is 6.88. The highest BCUT2D eigenvalue weighted by molar-refractivity contribution is 7.89. The molecular formula is C19H31N3O4S. The topological polar surface area (TPSA) is 79.0 Å². The van der Waals surface area contributed by atoms with Gasteiger partial charge in [-0.05, 0) is 58.9 Å². The van der Waals surface area contributed by atoms with Gasteiger partial charge in [0.05, 0.1) is 17.5 Å². The van der Waals surface area contributed by atoms with Crippen molar-refractivity contribution >= 4 is 15.9 Å². The van der Waals surface area contributed by atoms with Crippen molar-refractivity contribution in [3.63, 3.8) is 0 Å². The van der Waals surface area contributed by atoms with Crippen molar-refractivity contribution in [3.8, 4) is 5.75 Å². The number of benzene rings is 1. The van der Waals surface area contributed by atoms with Crippen molar-refractivity contribution in [2.45, 2.75) is 51.1 Å². The molecule has 0 bridgehead atoms. The Bertz CT molecular complexity index is 733. The van der Waals surface area contributed by atoms with Crippen LogP contribution in [0.1, 0.15) is 34.6 Å². The van der Waals surface area contributed by atoms with Crippen molar-refractivity contribution in [1.82, 2.24) is 14.5 Å². The lowest BCUT2D eigenvalue weighted by molar-refractivity contribution is -0.127. The fourth-order valence-corrected chi connectivity index (χ4v) is 4.42. The number of hydrogen-bond donors (Lipinski definition) is 1. The van der Waals surface area contributed by atoms with E-state index in [1.165, 1.54) is 4.31 Å². The van der Waals surface area contributed by atoms with E-state index in [-0.39, 0.29) is 22.4 Å². The molecule has 1 heterocycles. The first-order valence-corrected chi connectivity index (χ1v) is 10.8. The second-order valence-electron chi connectivity index (χ2n) is 7.76. The van der Waals surface area contributed by atoms with Gasteiger partial charge in [-0.25, -0.2) is 8.42 Å². The molecule has 0 radical (unpaired) electrons. The molecule has 1 amide bonds. The number of rotatable bonds is 6. The molecule has 152 valence electrons. The number of ether oxygens (including phenoxy) is 1. The maximum Gasteiger partial charge on any atom is 0.243 e. The van der Waals surface area contributed by atoms with Gasteiger partial charge in [-0.2, -0.15) is 4.31 Å². The molecule has 0 unspecified atom stereocenters. The summed E-state index contributed by atoms with van der Waals surface area (Å²) in [4.78, 5) is 14.6. The summed E-state index contributed by atoms with van der Waals surface area (Å²) in [7, 11) is -3.54. The summed E-state index contributed by atoms with van der Waals surface area (Å²) in [5.41, 5.74) is -0.288. The van der Waals surface area contributed by atoms with Crippen molar-refractivity contribution in [2.24, 2.45) is 0 Å². The van der Waals surface area contributed by atoms with Gasteiger partial charge in [-0.15, -0.1) is 0 Å². The summed E-state index contributed by atoms with van der Waals surface area (Å²) in [6.45, 7) is 11.9. The van der Waals surface area contributed by atoms with E-state index in [4.69, 9.17) is 4.74 Å². The molecule has 27 heavy (non-hydrogen) atoms. The number of amides is 1. The summed E-state index contributed by atoms with van der Waals surface area (Å²) >= 11 is 0. The molecule has 1 saturated heterocycles. The molecule has 2 rings (SSSR count). The van der Waals surface area contributed by atoms with Gasteiger partial charge in [0.2, 0.25) is 15.9 Å². The fourth-order valence-electron chi connectivity index (χ4n) is 2.99. The summed E-state index contributed by atoms with van der Waals surface area (Å²) in [6.07, 6.45) is 0. The zero-order valence-electron chi connectivity index (χ0n) is 16.9. The Morgan fingerprint density at radius 3 is 2.19 bits per heavy atom. The van der Waals surface area contributed by atoms with Gasteiger partial charge in [0, 0.05) is 31.7 Å². The normalized spacial score (nSPS) is 18.1. The third-order valence-corrected chi connectivity index (χ3v) is 6.38. The van der Waals surface area contributed by atoms with E-state index < -0.39 is 10.0 Å². The van der Waals surface area contributed by atoms with Crippen LogP contribution in [0.2, 0.25) is 0 Å². The quantitative estimate of drug-likeness (QED) is 0.790. The number of hydrogen-bond acceptors (Lipinski definition) is 5. The molecule has 1 fully saturated rings. The maximum atomic E-state index is 12.8. The highest BCUT2D eigenvalue weighted by atomic mass is 32.2. The van der Waals surface area contributed by atoms with Crippen molar-refractivity contribution in [3.05, 3.63) is 24.3 Å². The lowest BCUT2D eigenvalue weighted by Crippen LogP contribution is -2.56. The summed E-state index contributed by atoms with van der Waals surface area (Å²) in [6, 6.07) is 6.20. The van der Waals surface area contributed by atoms with E-state index in [9.17, 15) is 13.2 Å². The Balaban J connectivity index is 1.98. The van der Waals surface area contributed by atoms with Crippen molar-refractivity contribution in [1.29, 1.82) is 0 Å². The minimum atomic E-state index is -3.54. The number of carbonyl (C=O) groups excluding carboxylic acids is 1. The van der Waals surface area contributed by atoms with Gasteiger partial charge < -0.3 is 10.1 Å². The molecule has 0 saturated carbocycles. The molecular weight excluding hydrogens is 366 g/mol. The van der Waals surface area contributed by atoms with Crippen LogP contribution >= 0.6 is 0 Å². The van der Waals surface area contributed by atoms with Crippen LogP contribution in [0.4, 0.5) is 0 Å². The van der Waals surface area contributed by atoms with E-state index >= 15 is 0 Å². The van der Waals surface area contributed by atoms with Crippen molar-refractivity contribution in [2.75, 3.05) is 32.8 Å². The number of sulfonamides is 1. The van der Waals surface area contributed by atoms with Crippen LogP contribution in [0.25, 0.3) is 0 Å². The molecule has 1 atom stereocenters. The van der Waals surface area contributed by atoms with E-state index in [1.54, 1.807) is 24.3 Å². The van der Waals surface area contributed by atoms with Crippen LogP contribution in [0.15, 0.2) is 29.2 Å². The van der Waals surface area contributed by atoms with Crippen LogP contribution in [0.3, 0.4) is 0 Å². The molecule has 1 aromatic carbocycles. The average molecular weight is 398 g/mol. The van der Waals surface area contributed by atoms with Gasteiger partial charge in [0.1, 0.15) is 5.75 Å². The highest BCUT2D eigenvalue weighted by Gasteiger charge is 2.32. The van der Waals surface area contributed by atoms with E-state index in [2.05, 4.69) is 5.32 Å². The first kappa shape index (κ1) is 21.7. The zero-order chi connectivity index (χ0) is 20.2. The molecule has 1 N–H and O–H groups in total. The molecule has 0 spiro atoms. The SMILES string of the molecule is CCOc1ccc(S(=O)(=O)N2CCN([C@@H](C)C(=O)NC(C)(C)C)CC2)cc1. The third-order valence-electron chi connectivity index (χ3n) is 4.47. The monoisotopic (exact) mass is 397 g/mol. The molecule has 1 aromatic rings. The van der Waals surface area contributed by atoms with Gasteiger partial charge in [-0.3, -0.25) is 9.69 Å². The summed E-state index contributed by atoms with van der Waals surface area (Å²) in [5, 5.41) is 2.97. The molecule has 0 aromatic heterocycles. The van der Waals surface area contributed by atoms with Gasteiger partial charge in [0.15, 0.2) is 0 Å². The predicted molar refractivity (Wildman–Crippen MR) is 105 cm³/mol. The Morgan fingerprint density at radius 1 is 1.15 bits per heavy atom. The lowest BCUT2D eigenvalue weighted by Gasteiger charge is -2.37. The van der Waals surface area contributed by atoms with Gasteiger partial charge in [-0.1, -0.05) is 0 Å². The van der Waals surface area contributed by atoms with Gasteiger partial charge >= 0.3 is 0 Å². The first-order valence-electron chi connectivity index (χ1n) is 9.33. The first-order chi connectivity index (χ1) is 12.5. The molecule has 8 heteroatoms. The second kappa shape index (κ2) is 8.58. The van der Waals surface area contributed by atoms with E-state index in [0.29, 0.717) is 38.5 Å². The van der Waals surface area contributed by atoms with Crippen molar-refractivity contribution < 1.29 is 17.9 Å². The second-order valence-corrected chi connectivity index (χ2v) is 9.70. The lowest BCUT2D eigenvalue weighted by atomic mass is 10.1. The zero-order valence-corrected chi connectivity index (χ0v) is 17.7. The molecule has 7 nitrogen and oxygen atoms in total. The number of nitrogens with zero attached hydrogens (tertiary/aromatic N) is 2. The maximum absolute atomic E-state index is 12.8. The van der Waals surface area contributed by atoms with Crippen LogP contribution in [-0.4, -0.2) is 67.9 Å². The minimum absolute atomic E-state index is 0.0367. The Labute approximate surface area is 162 Å². The number of nitrogens with one attached hydrogen (secondary N) is 1. The van der Waals surface area contributed by atoms with E-state index in [1.807, 2.05) is 39.5 Å². The average Bonchev–Trinajstić information content (AvgIpc) is 2.60. The highest BCUT2D eigenvalue weighted by Crippen LogP contribution is 2.21. The third kappa shape index (κ3) is 5.67. The fraction of sp³-hybridized carbons (Fsp3) is 0.632. The predicted octanol–water partition coefficient (Wildman–Crippen LogP) is 1.69. The molecule has 0 aliphatic carbocycles.